The van der Waals surface area contributed by atoms with Gasteiger partial charge in [0.2, 0.25) is 0 Å². The highest BCUT2D eigenvalue weighted by Crippen LogP contribution is 2.24. The van der Waals surface area contributed by atoms with Crippen molar-refractivity contribution in [2.24, 2.45) is 5.73 Å². The molecule has 1 aromatic rings. The highest BCUT2D eigenvalue weighted by molar-refractivity contribution is 5.40. The molecule has 0 bridgehead atoms. The maximum absolute atomic E-state index is 5.66. The van der Waals surface area contributed by atoms with E-state index in [4.69, 9.17) is 15.2 Å². The molecule has 90 valence electrons. The third-order valence-electron chi connectivity index (χ3n) is 2.28. The molecule has 0 saturated heterocycles. The van der Waals surface area contributed by atoms with Gasteiger partial charge in [-0.15, -0.1) is 0 Å². The fraction of sp³-hybridized carbons (Fsp3) is 0.500. The molecular formula is C12H20N2O2. The van der Waals surface area contributed by atoms with Gasteiger partial charge in [-0.25, -0.2) is 0 Å². The quantitative estimate of drug-likeness (QED) is 0.761. The average molecular weight is 224 g/mol. The van der Waals surface area contributed by atoms with Crippen LogP contribution in [0.3, 0.4) is 0 Å². The van der Waals surface area contributed by atoms with E-state index in [0.717, 1.165) is 30.2 Å². The van der Waals surface area contributed by atoms with Crippen LogP contribution in [0.4, 0.5) is 0 Å². The molecule has 4 heteroatoms. The van der Waals surface area contributed by atoms with E-state index in [9.17, 15) is 0 Å². The Hall–Kier alpha value is -1.26. The Kier molecular flexibility index (Phi) is 5.08. The summed E-state index contributed by atoms with van der Waals surface area (Å²) in [5.41, 5.74) is 6.76. The van der Waals surface area contributed by atoms with Gasteiger partial charge in [0.05, 0.1) is 14.2 Å². The number of rotatable bonds is 6. The second kappa shape index (κ2) is 6.35. The van der Waals surface area contributed by atoms with Crippen molar-refractivity contribution in [3.05, 3.63) is 23.8 Å². The number of ether oxygens (including phenoxy) is 2. The Morgan fingerprint density at radius 2 is 2.06 bits per heavy atom. The fourth-order valence-corrected chi connectivity index (χ4v) is 1.43. The first-order valence-corrected chi connectivity index (χ1v) is 5.34. The molecule has 4 nitrogen and oxygen atoms in total. The first-order valence-electron chi connectivity index (χ1n) is 5.34. The largest absolute Gasteiger partial charge is 0.497 e. The second-order valence-corrected chi connectivity index (χ2v) is 3.79. The lowest BCUT2D eigenvalue weighted by Crippen LogP contribution is -2.30. The number of methoxy groups -OCH3 is 2. The summed E-state index contributed by atoms with van der Waals surface area (Å²) in [6.45, 7) is 3.50. The van der Waals surface area contributed by atoms with Gasteiger partial charge in [0, 0.05) is 30.8 Å². The fourth-order valence-electron chi connectivity index (χ4n) is 1.43. The minimum absolute atomic E-state index is 0.157. The van der Waals surface area contributed by atoms with Gasteiger partial charge in [-0.1, -0.05) is 6.07 Å². The zero-order valence-electron chi connectivity index (χ0n) is 10.1. The molecule has 0 aliphatic heterocycles. The van der Waals surface area contributed by atoms with Crippen LogP contribution in [0.2, 0.25) is 0 Å². The molecular weight excluding hydrogens is 204 g/mol. The molecule has 0 aliphatic carbocycles. The molecule has 0 aliphatic rings. The van der Waals surface area contributed by atoms with Crippen molar-refractivity contribution in [3.63, 3.8) is 0 Å². The highest BCUT2D eigenvalue weighted by Gasteiger charge is 2.04. The van der Waals surface area contributed by atoms with Crippen LogP contribution in [-0.2, 0) is 6.54 Å². The molecule has 0 radical (unpaired) electrons. The molecule has 1 atom stereocenters. The minimum Gasteiger partial charge on any atom is -0.497 e. The summed E-state index contributed by atoms with van der Waals surface area (Å²) in [6, 6.07) is 5.95. The summed E-state index contributed by atoms with van der Waals surface area (Å²) in [5, 5.41) is 3.27. The van der Waals surface area contributed by atoms with Crippen LogP contribution in [0.15, 0.2) is 18.2 Å². The van der Waals surface area contributed by atoms with Crippen LogP contribution in [0.25, 0.3) is 0 Å². The summed E-state index contributed by atoms with van der Waals surface area (Å²) in [4.78, 5) is 0. The number of nitrogens with two attached hydrogens (primary N) is 1. The third-order valence-corrected chi connectivity index (χ3v) is 2.28. The minimum atomic E-state index is 0.157. The molecule has 1 rings (SSSR count). The zero-order chi connectivity index (χ0) is 12.0. The first-order chi connectivity index (χ1) is 7.67. The maximum Gasteiger partial charge on any atom is 0.127 e. The van der Waals surface area contributed by atoms with Crippen LogP contribution >= 0.6 is 0 Å². The van der Waals surface area contributed by atoms with Crippen LogP contribution in [-0.4, -0.2) is 26.8 Å². The van der Waals surface area contributed by atoms with E-state index in [1.165, 1.54) is 0 Å². The Morgan fingerprint density at radius 1 is 1.31 bits per heavy atom. The lowest BCUT2D eigenvalue weighted by Gasteiger charge is -2.12. The smallest absolute Gasteiger partial charge is 0.127 e. The van der Waals surface area contributed by atoms with Crippen molar-refractivity contribution < 1.29 is 9.47 Å². The van der Waals surface area contributed by atoms with Gasteiger partial charge in [0.1, 0.15) is 11.5 Å². The van der Waals surface area contributed by atoms with E-state index in [1.54, 1.807) is 14.2 Å². The summed E-state index contributed by atoms with van der Waals surface area (Å²) in [6.07, 6.45) is 0. The van der Waals surface area contributed by atoms with Gasteiger partial charge in [-0.2, -0.15) is 0 Å². The van der Waals surface area contributed by atoms with Crippen LogP contribution in [0, 0.1) is 0 Å². The molecule has 3 N–H and O–H groups in total. The lowest BCUT2D eigenvalue weighted by molar-refractivity contribution is 0.389. The Balaban J connectivity index is 2.64. The van der Waals surface area contributed by atoms with Gasteiger partial charge >= 0.3 is 0 Å². The Labute approximate surface area is 96.7 Å². The topological polar surface area (TPSA) is 56.5 Å². The van der Waals surface area contributed by atoms with Crippen molar-refractivity contribution in [1.82, 2.24) is 5.32 Å². The van der Waals surface area contributed by atoms with E-state index in [1.807, 2.05) is 25.1 Å². The molecule has 0 fully saturated rings. The highest BCUT2D eigenvalue weighted by atomic mass is 16.5. The standard InChI is InChI=1S/C12H20N2O2/c1-9(13)7-14-8-10-4-5-11(15-2)6-12(10)16-3/h4-6,9,14H,7-8,13H2,1-3H3. The lowest BCUT2D eigenvalue weighted by atomic mass is 10.2. The van der Waals surface area contributed by atoms with Crippen molar-refractivity contribution in [1.29, 1.82) is 0 Å². The number of benzene rings is 1. The molecule has 0 amide bonds. The monoisotopic (exact) mass is 224 g/mol. The van der Waals surface area contributed by atoms with E-state index in [-0.39, 0.29) is 6.04 Å². The molecule has 0 spiro atoms. The summed E-state index contributed by atoms with van der Waals surface area (Å²) in [5.74, 6) is 1.63. The van der Waals surface area contributed by atoms with E-state index < -0.39 is 0 Å². The van der Waals surface area contributed by atoms with E-state index in [0.29, 0.717) is 0 Å². The molecule has 1 unspecified atom stereocenters. The third kappa shape index (κ3) is 3.72. The van der Waals surface area contributed by atoms with Gasteiger partial charge in [-0.3, -0.25) is 0 Å². The SMILES string of the molecule is COc1ccc(CNCC(C)N)c(OC)c1. The van der Waals surface area contributed by atoms with Crippen LogP contribution in [0.5, 0.6) is 11.5 Å². The summed E-state index contributed by atoms with van der Waals surface area (Å²) in [7, 11) is 3.30. The van der Waals surface area contributed by atoms with Gasteiger partial charge in [-0.05, 0) is 13.0 Å². The molecule has 1 aromatic carbocycles. The number of nitrogens with one attached hydrogen (secondary N) is 1. The van der Waals surface area contributed by atoms with Crippen molar-refractivity contribution in [2.45, 2.75) is 19.5 Å². The molecule has 0 saturated carbocycles. The first kappa shape index (κ1) is 12.8. The van der Waals surface area contributed by atoms with Gasteiger partial charge < -0.3 is 20.5 Å². The van der Waals surface area contributed by atoms with Crippen molar-refractivity contribution in [3.8, 4) is 11.5 Å². The predicted molar refractivity (Wildman–Crippen MR) is 64.9 cm³/mol. The predicted octanol–water partition coefficient (Wildman–Crippen LogP) is 1.14. The second-order valence-electron chi connectivity index (χ2n) is 3.79. The zero-order valence-corrected chi connectivity index (χ0v) is 10.1. The van der Waals surface area contributed by atoms with Gasteiger partial charge in [0.25, 0.3) is 0 Å². The Bertz CT molecular complexity index is 327. The average Bonchev–Trinajstić information content (AvgIpc) is 2.29. The molecule has 0 heterocycles. The van der Waals surface area contributed by atoms with Crippen molar-refractivity contribution in [2.75, 3.05) is 20.8 Å². The van der Waals surface area contributed by atoms with E-state index in [2.05, 4.69) is 5.32 Å². The normalized spacial score (nSPS) is 12.2. The number of hydrogen-bond donors (Lipinski definition) is 2. The maximum atomic E-state index is 5.66. The van der Waals surface area contributed by atoms with Crippen LogP contribution in [0.1, 0.15) is 12.5 Å². The molecule has 0 aromatic heterocycles. The van der Waals surface area contributed by atoms with Crippen LogP contribution < -0.4 is 20.5 Å². The number of hydrogen-bond acceptors (Lipinski definition) is 4. The summed E-state index contributed by atoms with van der Waals surface area (Å²) < 4.78 is 10.4. The summed E-state index contributed by atoms with van der Waals surface area (Å²) >= 11 is 0. The van der Waals surface area contributed by atoms with Crippen molar-refractivity contribution >= 4 is 0 Å². The van der Waals surface area contributed by atoms with E-state index >= 15 is 0 Å². The molecule has 16 heavy (non-hydrogen) atoms. The Morgan fingerprint density at radius 3 is 2.62 bits per heavy atom. The van der Waals surface area contributed by atoms with Gasteiger partial charge in [0.15, 0.2) is 0 Å².